The molecule has 0 unspecified atom stereocenters. The summed E-state index contributed by atoms with van der Waals surface area (Å²) in [5, 5.41) is 9.65. The van der Waals surface area contributed by atoms with E-state index in [1.807, 2.05) is 48.5 Å². The van der Waals surface area contributed by atoms with Crippen molar-refractivity contribution < 1.29 is 25.2 Å². The van der Waals surface area contributed by atoms with Crippen LogP contribution in [0.25, 0.3) is 11.3 Å². The molecule has 4 rings (SSSR count). The molecule has 3 aromatic rings. The molecule has 2 heterocycles. The second-order valence-corrected chi connectivity index (χ2v) is 8.57. The Morgan fingerprint density at radius 2 is 1.91 bits per heavy atom. The number of nitriles is 1. The number of carbonyl (C=O) groups is 1. The van der Waals surface area contributed by atoms with E-state index in [-0.39, 0.29) is 23.0 Å². The van der Waals surface area contributed by atoms with Crippen LogP contribution in [0.4, 0.5) is 0 Å². The fourth-order valence-electron chi connectivity index (χ4n) is 3.49. The van der Waals surface area contributed by atoms with Gasteiger partial charge in [-0.15, -0.1) is 0 Å². The highest BCUT2D eigenvalue weighted by molar-refractivity contribution is 7.98. The summed E-state index contributed by atoms with van der Waals surface area (Å²) in [5.74, 6) is 1.20. The molecule has 1 aliphatic heterocycles. The zero-order valence-corrected chi connectivity index (χ0v) is 20.1. The van der Waals surface area contributed by atoms with Crippen molar-refractivity contribution in [2.75, 3.05) is 13.2 Å². The van der Waals surface area contributed by atoms with Crippen LogP contribution < -0.4 is 9.46 Å². The molecule has 0 aliphatic carbocycles. The van der Waals surface area contributed by atoms with Gasteiger partial charge in [0.1, 0.15) is 23.7 Å². The van der Waals surface area contributed by atoms with Gasteiger partial charge < -0.3 is 20.4 Å². The van der Waals surface area contributed by atoms with Gasteiger partial charge in [0.15, 0.2) is 0 Å². The lowest BCUT2D eigenvalue weighted by atomic mass is 10.1. The number of hydrogen-bond donors (Lipinski definition) is 1. The lowest BCUT2D eigenvalue weighted by Crippen LogP contribution is -2.26. The van der Waals surface area contributed by atoms with Crippen molar-refractivity contribution >= 4 is 17.9 Å². The number of amides is 1. The molecule has 5 N–H and O–H groups in total. The van der Waals surface area contributed by atoms with Crippen LogP contribution in [0.2, 0.25) is 0 Å². The molecule has 0 atom stereocenters. The topological polar surface area (TPSA) is 160 Å². The first-order chi connectivity index (χ1) is 16.1. The second kappa shape index (κ2) is 13.4. The maximum Gasteiger partial charge on any atom is 0.226 e. The Balaban J connectivity index is 0.00000216. The van der Waals surface area contributed by atoms with Crippen LogP contribution in [0, 0.1) is 11.3 Å². The lowest BCUT2D eigenvalue weighted by molar-refractivity contribution is -0.117. The van der Waals surface area contributed by atoms with E-state index in [1.165, 1.54) is 18.9 Å². The van der Waals surface area contributed by atoms with E-state index < -0.39 is 0 Å². The van der Waals surface area contributed by atoms with Gasteiger partial charge in [-0.2, -0.15) is 5.26 Å². The summed E-state index contributed by atoms with van der Waals surface area (Å²) in [4.78, 5) is 21.1. The van der Waals surface area contributed by atoms with Crippen molar-refractivity contribution in [1.29, 1.82) is 5.26 Å². The maximum absolute atomic E-state index is 11.0. The van der Waals surface area contributed by atoms with Crippen molar-refractivity contribution in [3.05, 3.63) is 71.7 Å². The van der Waals surface area contributed by atoms with E-state index in [9.17, 15) is 10.1 Å². The van der Waals surface area contributed by atoms with Crippen LogP contribution >= 0.6 is 11.9 Å². The fraction of sp³-hybridized carbons (Fsp3) is 0.280. The molecule has 9 nitrogen and oxygen atoms in total. The molecule has 1 aliphatic rings. The number of nitrogens with zero attached hydrogens (tertiary/aromatic N) is 3. The Labute approximate surface area is 208 Å². The molecule has 1 fully saturated rings. The minimum atomic E-state index is -0.0861. The zero-order chi connectivity index (χ0) is 23.0. The van der Waals surface area contributed by atoms with Crippen molar-refractivity contribution in [1.82, 2.24) is 14.7 Å². The largest absolute Gasteiger partial charge is 0.489 e. The van der Waals surface area contributed by atoms with E-state index in [4.69, 9.17) is 14.5 Å². The average Bonchev–Trinajstić information content (AvgIpc) is 2.84. The fourth-order valence-corrected chi connectivity index (χ4v) is 4.02. The van der Waals surface area contributed by atoms with Gasteiger partial charge in [-0.25, -0.2) is 9.97 Å². The Bertz CT molecular complexity index is 1160. The lowest BCUT2D eigenvalue weighted by Gasteiger charge is -2.23. The smallest absolute Gasteiger partial charge is 0.226 e. The normalized spacial score (nSPS) is 13.0. The van der Waals surface area contributed by atoms with Crippen molar-refractivity contribution in [3.8, 4) is 23.1 Å². The molecule has 1 amide bonds. The molecular formula is C25H28N4O5S. The highest BCUT2D eigenvalue weighted by atomic mass is 32.2. The van der Waals surface area contributed by atoms with Gasteiger partial charge in [-0.1, -0.05) is 12.1 Å². The molecule has 184 valence electrons. The van der Waals surface area contributed by atoms with Gasteiger partial charge in [0.05, 0.1) is 24.5 Å². The minimum absolute atomic E-state index is 0. The van der Waals surface area contributed by atoms with Gasteiger partial charge in [-0.3, -0.25) is 9.52 Å². The predicted molar refractivity (Wildman–Crippen MR) is 133 cm³/mol. The van der Waals surface area contributed by atoms with Crippen molar-refractivity contribution in [3.63, 3.8) is 0 Å². The van der Waals surface area contributed by atoms with E-state index >= 15 is 0 Å². The number of ether oxygens (including phenoxy) is 2. The van der Waals surface area contributed by atoms with Crippen LogP contribution in [-0.4, -0.2) is 46.1 Å². The summed E-state index contributed by atoms with van der Waals surface area (Å²) in [6.45, 7) is 2.86. The van der Waals surface area contributed by atoms with E-state index in [0.29, 0.717) is 36.8 Å². The van der Waals surface area contributed by atoms with Crippen LogP contribution in [0.15, 0.2) is 59.6 Å². The molecule has 35 heavy (non-hydrogen) atoms. The number of aromatic nitrogens is 2. The third kappa shape index (κ3) is 7.77. The average molecular weight is 497 g/mol. The molecule has 0 saturated carbocycles. The summed E-state index contributed by atoms with van der Waals surface area (Å²) in [7, 11) is 0. The number of rotatable bonds is 7. The minimum Gasteiger partial charge on any atom is -0.489 e. The third-order valence-electron chi connectivity index (χ3n) is 5.16. The van der Waals surface area contributed by atoms with Crippen LogP contribution in [-0.2, 0) is 16.0 Å². The Hall–Kier alpha value is -3.49. The third-order valence-corrected chi connectivity index (χ3v) is 6.06. The first-order valence-corrected chi connectivity index (χ1v) is 11.6. The molecule has 0 radical (unpaired) electrons. The monoisotopic (exact) mass is 496 g/mol. The standard InChI is InChI=1S/C25H24N4O3S.2H2O/c1-17(30)29-33-22-5-2-18(3-6-22)14-25-27-11-8-23(28-25)19-4-7-24(20(15-19)16-26)32-21-9-12-31-13-10-21;;/h2-8,11,15,21H,9-10,12-14H2,1H3,(H,29,30);2*1H2. The number of hydrogen-bond acceptors (Lipinski definition) is 7. The van der Waals surface area contributed by atoms with E-state index in [0.717, 1.165) is 34.6 Å². The summed E-state index contributed by atoms with van der Waals surface area (Å²) >= 11 is 1.29. The second-order valence-electron chi connectivity index (χ2n) is 7.69. The first kappa shape index (κ1) is 27.8. The Morgan fingerprint density at radius 3 is 2.60 bits per heavy atom. The van der Waals surface area contributed by atoms with E-state index in [1.54, 1.807) is 6.20 Å². The zero-order valence-electron chi connectivity index (χ0n) is 19.3. The SMILES string of the molecule is CC(=O)NSc1ccc(Cc2nccc(-c3ccc(OC4CCOCC4)c(C#N)c3)n2)cc1.O.O. The summed E-state index contributed by atoms with van der Waals surface area (Å²) in [6.07, 6.45) is 4.04. The summed E-state index contributed by atoms with van der Waals surface area (Å²) < 4.78 is 14.1. The first-order valence-electron chi connectivity index (χ1n) is 10.7. The molecule has 1 saturated heterocycles. The number of benzene rings is 2. The van der Waals surface area contributed by atoms with Crippen molar-refractivity contribution in [2.24, 2.45) is 0 Å². The highest BCUT2D eigenvalue weighted by Crippen LogP contribution is 2.27. The van der Waals surface area contributed by atoms with Crippen LogP contribution in [0.3, 0.4) is 0 Å². The Kier molecular flexibility index (Phi) is 10.6. The van der Waals surface area contributed by atoms with E-state index in [2.05, 4.69) is 15.8 Å². The quantitative estimate of drug-likeness (QED) is 0.492. The molecule has 0 spiro atoms. The maximum atomic E-state index is 11.0. The predicted octanol–water partition coefficient (Wildman–Crippen LogP) is 2.66. The van der Waals surface area contributed by atoms with Gasteiger partial charge in [0.25, 0.3) is 0 Å². The molecule has 10 heteroatoms. The number of nitrogens with one attached hydrogen (secondary N) is 1. The van der Waals surface area contributed by atoms with Gasteiger partial charge in [0, 0.05) is 42.8 Å². The van der Waals surface area contributed by atoms with Crippen molar-refractivity contribution in [2.45, 2.75) is 37.2 Å². The highest BCUT2D eigenvalue weighted by Gasteiger charge is 2.17. The summed E-state index contributed by atoms with van der Waals surface area (Å²) in [5.41, 5.74) is 3.16. The molecule has 0 bridgehead atoms. The van der Waals surface area contributed by atoms with Gasteiger partial charge >= 0.3 is 0 Å². The van der Waals surface area contributed by atoms with Gasteiger partial charge in [0.2, 0.25) is 5.91 Å². The Morgan fingerprint density at radius 1 is 1.17 bits per heavy atom. The summed E-state index contributed by atoms with van der Waals surface area (Å²) in [6, 6.07) is 17.6. The molecular weight excluding hydrogens is 468 g/mol. The number of carbonyl (C=O) groups excluding carboxylic acids is 1. The molecule has 2 aromatic carbocycles. The van der Waals surface area contributed by atoms with Gasteiger partial charge in [-0.05, 0) is 53.9 Å². The van der Waals surface area contributed by atoms with Crippen LogP contribution in [0.5, 0.6) is 5.75 Å². The molecule has 1 aromatic heterocycles. The van der Waals surface area contributed by atoms with Crippen LogP contribution in [0.1, 0.15) is 36.7 Å².